The number of para-hydroxylation sites is 1. The second kappa shape index (κ2) is 8.18. The molecule has 0 bridgehead atoms. The van der Waals surface area contributed by atoms with Gasteiger partial charge >= 0.3 is 0 Å². The lowest BCUT2D eigenvalue weighted by molar-refractivity contribution is -0.111. The zero-order valence-corrected chi connectivity index (χ0v) is 13.9. The molecule has 1 atom stereocenters. The Morgan fingerprint density at radius 1 is 1.17 bits per heavy atom. The number of anilines is 1. The van der Waals surface area contributed by atoms with Gasteiger partial charge < -0.3 is 10.1 Å². The van der Waals surface area contributed by atoms with E-state index in [-0.39, 0.29) is 5.91 Å². The zero-order valence-electron chi connectivity index (χ0n) is 13.9. The Bertz CT molecular complexity index is 674. The van der Waals surface area contributed by atoms with Gasteiger partial charge in [-0.05, 0) is 47.7 Å². The number of hydrogen-bond acceptors (Lipinski definition) is 2. The Morgan fingerprint density at radius 2 is 1.87 bits per heavy atom. The van der Waals surface area contributed by atoms with E-state index in [9.17, 15) is 4.79 Å². The third-order valence-electron chi connectivity index (χ3n) is 3.90. The largest absolute Gasteiger partial charge is 0.497 e. The summed E-state index contributed by atoms with van der Waals surface area (Å²) in [5.74, 6) is 1.09. The Hall–Kier alpha value is -2.55. The van der Waals surface area contributed by atoms with Crippen molar-refractivity contribution < 1.29 is 9.53 Å². The number of benzene rings is 2. The minimum Gasteiger partial charge on any atom is -0.497 e. The van der Waals surface area contributed by atoms with Gasteiger partial charge in [-0.3, -0.25) is 4.79 Å². The molecule has 1 amide bonds. The van der Waals surface area contributed by atoms with Crippen molar-refractivity contribution in [2.75, 3.05) is 12.4 Å². The van der Waals surface area contributed by atoms with Gasteiger partial charge in [-0.15, -0.1) is 0 Å². The van der Waals surface area contributed by atoms with Crippen LogP contribution in [0.15, 0.2) is 54.6 Å². The van der Waals surface area contributed by atoms with E-state index in [1.165, 1.54) is 5.56 Å². The van der Waals surface area contributed by atoms with Crippen LogP contribution in [-0.4, -0.2) is 13.0 Å². The van der Waals surface area contributed by atoms with Crippen LogP contribution in [0.1, 0.15) is 37.3 Å². The maximum absolute atomic E-state index is 12.1. The van der Waals surface area contributed by atoms with Crippen LogP contribution in [0.25, 0.3) is 6.08 Å². The summed E-state index contributed by atoms with van der Waals surface area (Å²) in [7, 11) is 1.63. The number of amides is 1. The highest BCUT2D eigenvalue weighted by atomic mass is 16.5. The molecule has 3 heteroatoms. The summed E-state index contributed by atoms with van der Waals surface area (Å²) in [5.41, 5.74) is 3.00. The van der Waals surface area contributed by atoms with E-state index in [1.807, 2.05) is 42.5 Å². The Morgan fingerprint density at radius 3 is 2.52 bits per heavy atom. The van der Waals surface area contributed by atoms with Crippen molar-refractivity contribution in [3.63, 3.8) is 0 Å². The van der Waals surface area contributed by atoms with Crippen molar-refractivity contribution in [1.82, 2.24) is 0 Å². The average molecular weight is 309 g/mol. The quantitative estimate of drug-likeness (QED) is 0.774. The first kappa shape index (κ1) is 16.8. The highest BCUT2D eigenvalue weighted by molar-refractivity contribution is 6.02. The second-order valence-corrected chi connectivity index (χ2v) is 5.49. The molecule has 2 aromatic rings. The van der Waals surface area contributed by atoms with E-state index >= 15 is 0 Å². The fraction of sp³-hybridized carbons (Fsp3) is 0.250. The number of hydrogen-bond donors (Lipinski definition) is 1. The molecule has 0 aliphatic rings. The molecule has 2 rings (SSSR count). The molecule has 23 heavy (non-hydrogen) atoms. The first-order valence-electron chi connectivity index (χ1n) is 7.86. The van der Waals surface area contributed by atoms with Gasteiger partial charge in [-0.25, -0.2) is 0 Å². The summed E-state index contributed by atoms with van der Waals surface area (Å²) in [4.78, 5) is 12.1. The van der Waals surface area contributed by atoms with Gasteiger partial charge in [-0.1, -0.05) is 44.2 Å². The van der Waals surface area contributed by atoms with Gasteiger partial charge in [-0.2, -0.15) is 0 Å². The summed E-state index contributed by atoms with van der Waals surface area (Å²) in [6.45, 7) is 4.31. The fourth-order valence-electron chi connectivity index (χ4n) is 2.32. The molecule has 120 valence electrons. The van der Waals surface area contributed by atoms with E-state index < -0.39 is 0 Å². The molecule has 0 heterocycles. The molecular weight excluding hydrogens is 286 g/mol. The lowest BCUT2D eigenvalue weighted by Crippen LogP contribution is -2.10. The van der Waals surface area contributed by atoms with Gasteiger partial charge in [0.1, 0.15) is 5.75 Å². The molecule has 0 aliphatic heterocycles. The van der Waals surface area contributed by atoms with E-state index in [4.69, 9.17) is 4.74 Å². The SMILES string of the molecule is CC[C@@H](C)c1ccccc1NC(=O)/C=C/c1ccc(OC)cc1. The Kier molecular flexibility index (Phi) is 5.98. The van der Waals surface area contributed by atoms with Crippen molar-refractivity contribution in [1.29, 1.82) is 0 Å². The molecule has 0 fully saturated rings. The summed E-state index contributed by atoms with van der Waals surface area (Å²) < 4.78 is 5.12. The smallest absolute Gasteiger partial charge is 0.248 e. The molecule has 0 radical (unpaired) electrons. The molecule has 1 N–H and O–H groups in total. The van der Waals surface area contributed by atoms with Gasteiger partial charge in [0.05, 0.1) is 7.11 Å². The first-order chi connectivity index (χ1) is 11.1. The van der Waals surface area contributed by atoms with Crippen molar-refractivity contribution in [2.45, 2.75) is 26.2 Å². The Labute approximate surface area is 138 Å². The second-order valence-electron chi connectivity index (χ2n) is 5.49. The van der Waals surface area contributed by atoms with Gasteiger partial charge in [0.15, 0.2) is 0 Å². The van der Waals surface area contributed by atoms with Crippen molar-refractivity contribution in [2.24, 2.45) is 0 Å². The first-order valence-corrected chi connectivity index (χ1v) is 7.86. The Balaban J connectivity index is 2.06. The van der Waals surface area contributed by atoms with Gasteiger partial charge in [0, 0.05) is 11.8 Å². The van der Waals surface area contributed by atoms with Crippen LogP contribution < -0.4 is 10.1 Å². The normalized spacial score (nSPS) is 12.1. The van der Waals surface area contributed by atoms with Crippen LogP contribution in [-0.2, 0) is 4.79 Å². The maximum Gasteiger partial charge on any atom is 0.248 e. The average Bonchev–Trinajstić information content (AvgIpc) is 2.60. The molecule has 0 unspecified atom stereocenters. The van der Waals surface area contributed by atoms with Crippen LogP contribution in [0.5, 0.6) is 5.75 Å². The van der Waals surface area contributed by atoms with Gasteiger partial charge in [0.25, 0.3) is 0 Å². The molecule has 2 aromatic carbocycles. The van der Waals surface area contributed by atoms with Crippen molar-refractivity contribution in [3.05, 3.63) is 65.7 Å². The number of methoxy groups -OCH3 is 1. The minimum absolute atomic E-state index is 0.128. The maximum atomic E-state index is 12.1. The highest BCUT2D eigenvalue weighted by Crippen LogP contribution is 2.26. The number of carbonyl (C=O) groups excluding carboxylic acids is 1. The summed E-state index contributed by atoms with van der Waals surface area (Å²) in [5, 5.41) is 2.97. The predicted octanol–water partition coefficient (Wildman–Crippen LogP) is 4.86. The molecule has 0 aromatic heterocycles. The molecular formula is C20H23NO2. The molecule has 0 saturated heterocycles. The standard InChI is InChI=1S/C20H23NO2/c1-4-15(2)18-7-5-6-8-19(18)21-20(22)14-11-16-9-12-17(23-3)13-10-16/h5-15H,4H2,1-3H3,(H,21,22)/b14-11+/t15-/m1/s1. The summed E-state index contributed by atoms with van der Waals surface area (Å²) in [6, 6.07) is 15.5. The predicted molar refractivity (Wildman–Crippen MR) is 95.8 cm³/mol. The fourth-order valence-corrected chi connectivity index (χ4v) is 2.32. The van der Waals surface area contributed by atoms with E-state index in [0.29, 0.717) is 5.92 Å². The van der Waals surface area contributed by atoms with Crippen LogP contribution in [0.3, 0.4) is 0 Å². The lowest BCUT2D eigenvalue weighted by atomic mass is 9.97. The molecule has 3 nitrogen and oxygen atoms in total. The minimum atomic E-state index is -0.128. The topological polar surface area (TPSA) is 38.3 Å². The van der Waals surface area contributed by atoms with Crippen LogP contribution >= 0.6 is 0 Å². The third-order valence-corrected chi connectivity index (χ3v) is 3.90. The number of nitrogens with one attached hydrogen (secondary N) is 1. The molecule has 0 spiro atoms. The van der Waals surface area contributed by atoms with Crippen LogP contribution in [0.4, 0.5) is 5.69 Å². The van der Waals surface area contributed by atoms with Crippen LogP contribution in [0.2, 0.25) is 0 Å². The zero-order chi connectivity index (χ0) is 16.7. The summed E-state index contributed by atoms with van der Waals surface area (Å²) >= 11 is 0. The molecule has 0 aliphatic carbocycles. The monoisotopic (exact) mass is 309 g/mol. The van der Waals surface area contributed by atoms with Gasteiger partial charge in [0.2, 0.25) is 5.91 Å². The third kappa shape index (κ3) is 4.71. The van der Waals surface area contributed by atoms with Crippen LogP contribution in [0, 0.1) is 0 Å². The van der Waals surface area contributed by atoms with E-state index in [1.54, 1.807) is 19.3 Å². The van der Waals surface area contributed by atoms with E-state index in [0.717, 1.165) is 23.4 Å². The van der Waals surface area contributed by atoms with Crippen molar-refractivity contribution in [3.8, 4) is 5.75 Å². The molecule has 0 saturated carbocycles. The lowest BCUT2D eigenvalue weighted by Gasteiger charge is -2.14. The summed E-state index contributed by atoms with van der Waals surface area (Å²) in [6.07, 6.45) is 4.38. The number of rotatable bonds is 6. The highest BCUT2D eigenvalue weighted by Gasteiger charge is 2.09. The number of ether oxygens (including phenoxy) is 1. The number of carbonyl (C=O) groups is 1. The van der Waals surface area contributed by atoms with E-state index in [2.05, 4.69) is 25.2 Å². The van der Waals surface area contributed by atoms with Crippen molar-refractivity contribution >= 4 is 17.7 Å².